The summed E-state index contributed by atoms with van der Waals surface area (Å²) in [5.74, 6) is -0.171. The van der Waals surface area contributed by atoms with Crippen LogP contribution in [0.2, 0.25) is 0 Å². The fourth-order valence-corrected chi connectivity index (χ4v) is 3.98. The number of nitrogens with zero attached hydrogens (tertiary/aromatic N) is 2. The Morgan fingerprint density at radius 3 is 2.35 bits per heavy atom. The van der Waals surface area contributed by atoms with Gasteiger partial charge in [0, 0.05) is 47.8 Å². The van der Waals surface area contributed by atoms with Crippen molar-refractivity contribution in [3.05, 3.63) is 50.9 Å². The first kappa shape index (κ1) is 14.0. The van der Waals surface area contributed by atoms with Crippen LogP contribution in [-0.4, -0.2) is 31.1 Å². The van der Waals surface area contributed by atoms with Gasteiger partial charge in [0.2, 0.25) is 0 Å². The predicted octanol–water partition coefficient (Wildman–Crippen LogP) is 3.97. The van der Waals surface area contributed by atoms with Gasteiger partial charge in [0.25, 0.3) is 0 Å². The number of hydrogen-bond acceptors (Lipinski definition) is 3. The molecule has 5 heteroatoms. The van der Waals surface area contributed by atoms with E-state index in [-0.39, 0.29) is 5.82 Å². The first-order valence-electron chi connectivity index (χ1n) is 6.67. The molecule has 0 amide bonds. The third-order valence-electron chi connectivity index (χ3n) is 3.62. The molecule has 1 aliphatic rings. The SMILES string of the molecule is Fc1ccc(N2CCN(Cc3sccc3Br)CC2)cc1. The molecule has 0 spiro atoms. The number of rotatable bonds is 3. The quantitative estimate of drug-likeness (QED) is 0.822. The van der Waals surface area contributed by atoms with Gasteiger partial charge in [0.05, 0.1) is 0 Å². The maximum Gasteiger partial charge on any atom is 0.123 e. The highest BCUT2D eigenvalue weighted by molar-refractivity contribution is 9.10. The standard InChI is InChI=1S/C15H16BrFN2S/c16-14-5-10-20-15(14)11-18-6-8-19(9-7-18)13-3-1-12(17)2-4-13/h1-5,10H,6-9,11H2. The first-order valence-corrected chi connectivity index (χ1v) is 8.34. The predicted molar refractivity (Wildman–Crippen MR) is 85.9 cm³/mol. The molecule has 0 aliphatic carbocycles. The van der Waals surface area contributed by atoms with E-state index in [0.717, 1.165) is 38.4 Å². The number of piperazine rings is 1. The van der Waals surface area contributed by atoms with Crippen LogP contribution < -0.4 is 4.90 Å². The Labute approximate surface area is 131 Å². The second-order valence-corrected chi connectivity index (χ2v) is 6.79. The Hall–Kier alpha value is -0.910. The van der Waals surface area contributed by atoms with E-state index in [2.05, 4.69) is 37.2 Å². The summed E-state index contributed by atoms with van der Waals surface area (Å²) >= 11 is 5.38. The molecule has 0 atom stereocenters. The molecule has 0 unspecified atom stereocenters. The molecule has 106 valence electrons. The van der Waals surface area contributed by atoms with E-state index >= 15 is 0 Å². The van der Waals surface area contributed by atoms with Gasteiger partial charge in [-0.2, -0.15) is 0 Å². The van der Waals surface area contributed by atoms with Crippen LogP contribution in [0.4, 0.5) is 10.1 Å². The van der Waals surface area contributed by atoms with E-state index in [9.17, 15) is 4.39 Å². The first-order chi connectivity index (χ1) is 9.72. The van der Waals surface area contributed by atoms with Gasteiger partial charge < -0.3 is 4.90 Å². The van der Waals surface area contributed by atoms with E-state index < -0.39 is 0 Å². The van der Waals surface area contributed by atoms with E-state index in [1.54, 1.807) is 11.3 Å². The summed E-state index contributed by atoms with van der Waals surface area (Å²) in [4.78, 5) is 6.18. The van der Waals surface area contributed by atoms with E-state index in [0.29, 0.717) is 0 Å². The maximum absolute atomic E-state index is 12.9. The van der Waals surface area contributed by atoms with Crippen molar-refractivity contribution in [2.75, 3.05) is 31.1 Å². The van der Waals surface area contributed by atoms with Crippen LogP contribution in [0.3, 0.4) is 0 Å². The molecule has 1 aromatic carbocycles. The third-order valence-corrected chi connectivity index (χ3v) is 5.53. The molecule has 0 saturated carbocycles. The van der Waals surface area contributed by atoms with Gasteiger partial charge in [-0.1, -0.05) is 0 Å². The molecule has 1 saturated heterocycles. The summed E-state index contributed by atoms with van der Waals surface area (Å²) in [5, 5.41) is 2.12. The lowest BCUT2D eigenvalue weighted by Gasteiger charge is -2.36. The van der Waals surface area contributed by atoms with Crippen molar-refractivity contribution in [2.24, 2.45) is 0 Å². The van der Waals surface area contributed by atoms with Crippen molar-refractivity contribution < 1.29 is 4.39 Å². The molecular weight excluding hydrogens is 339 g/mol. The Kier molecular flexibility index (Phi) is 4.38. The lowest BCUT2D eigenvalue weighted by atomic mass is 10.2. The van der Waals surface area contributed by atoms with Crippen LogP contribution in [0.25, 0.3) is 0 Å². The molecule has 3 rings (SSSR count). The molecule has 0 bridgehead atoms. The van der Waals surface area contributed by atoms with Crippen LogP contribution >= 0.6 is 27.3 Å². The number of benzene rings is 1. The average Bonchev–Trinajstić information content (AvgIpc) is 2.86. The van der Waals surface area contributed by atoms with Crippen LogP contribution in [-0.2, 0) is 6.54 Å². The smallest absolute Gasteiger partial charge is 0.123 e. The van der Waals surface area contributed by atoms with Crippen molar-refractivity contribution in [3.8, 4) is 0 Å². The van der Waals surface area contributed by atoms with Crippen LogP contribution in [0, 0.1) is 5.82 Å². The van der Waals surface area contributed by atoms with Crippen molar-refractivity contribution in [2.45, 2.75) is 6.54 Å². The Morgan fingerprint density at radius 1 is 1.05 bits per heavy atom. The minimum atomic E-state index is -0.171. The monoisotopic (exact) mass is 354 g/mol. The molecule has 20 heavy (non-hydrogen) atoms. The third kappa shape index (κ3) is 3.22. The lowest BCUT2D eigenvalue weighted by Crippen LogP contribution is -2.45. The molecule has 1 aromatic heterocycles. The average molecular weight is 355 g/mol. The summed E-state index contributed by atoms with van der Waals surface area (Å²) in [5.41, 5.74) is 1.11. The van der Waals surface area contributed by atoms with Crippen molar-refractivity contribution >= 4 is 33.0 Å². The van der Waals surface area contributed by atoms with Gasteiger partial charge in [-0.3, -0.25) is 4.90 Å². The van der Waals surface area contributed by atoms with Crippen molar-refractivity contribution in [1.82, 2.24) is 4.90 Å². The fraction of sp³-hybridized carbons (Fsp3) is 0.333. The normalized spacial score (nSPS) is 16.6. The second-order valence-electron chi connectivity index (χ2n) is 4.93. The van der Waals surface area contributed by atoms with Crippen LogP contribution in [0.5, 0.6) is 0 Å². The van der Waals surface area contributed by atoms with Crippen molar-refractivity contribution in [1.29, 1.82) is 0 Å². The molecule has 1 aliphatic heterocycles. The van der Waals surface area contributed by atoms with Crippen molar-refractivity contribution in [3.63, 3.8) is 0 Å². The van der Waals surface area contributed by atoms with Gasteiger partial charge in [-0.05, 0) is 51.6 Å². The van der Waals surface area contributed by atoms with Gasteiger partial charge >= 0.3 is 0 Å². The minimum Gasteiger partial charge on any atom is -0.369 e. The fourth-order valence-electron chi connectivity index (χ4n) is 2.46. The summed E-state index contributed by atoms with van der Waals surface area (Å²) in [7, 11) is 0. The summed E-state index contributed by atoms with van der Waals surface area (Å²) in [6.07, 6.45) is 0. The topological polar surface area (TPSA) is 6.48 Å². The summed E-state index contributed by atoms with van der Waals surface area (Å²) in [6.45, 7) is 5.09. The van der Waals surface area contributed by atoms with Crippen LogP contribution in [0.1, 0.15) is 4.88 Å². The zero-order valence-corrected chi connectivity index (χ0v) is 13.5. The van der Waals surface area contributed by atoms with E-state index in [4.69, 9.17) is 0 Å². The van der Waals surface area contributed by atoms with E-state index in [1.165, 1.54) is 21.5 Å². The molecule has 2 aromatic rings. The van der Waals surface area contributed by atoms with Gasteiger partial charge in [-0.25, -0.2) is 4.39 Å². The number of halogens is 2. The zero-order valence-electron chi connectivity index (χ0n) is 11.1. The number of thiophene rings is 1. The lowest BCUT2D eigenvalue weighted by molar-refractivity contribution is 0.251. The largest absolute Gasteiger partial charge is 0.369 e. The molecule has 0 N–H and O–H groups in total. The Balaban J connectivity index is 1.57. The van der Waals surface area contributed by atoms with E-state index in [1.807, 2.05) is 12.1 Å². The Bertz CT molecular complexity index is 562. The molecule has 2 nitrogen and oxygen atoms in total. The minimum absolute atomic E-state index is 0.171. The Morgan fingerprint density at radius 2 is 1.75 bits per heavy atom. The number of anilines is 1. The highest BCUT2D eigenvalue weighted by Gasteiger charge is 2.18. The zero-order chi connectivity index (χ0) is 13.9. The molecule has 2 heterocycles. The maximum atomic E-state index is 12.9. The van der Waals surface area contributed by atoms with Gasteiger partial charge in [-0.15, -0.1) is 11.3 Å². The number of hydrogen-bond donors (Lipinski definition) is 0. The highest BCUT2D eigenvalue weighted by atomic mass is 79.9. The molecular formula is C15H16BrFN2S. The molecule has 0 radical (unpaired) electrons. The second kappa shape index (κ2) is 6.24. The van der Waals surface area contributed by atoms with Gasteiger partial charge in [0.1, 0.15) is 5.82 Å². The summed E-state index contributed by atoms with van der Waals surface area (Å²) < 4.78 is 14.1. The van der Waals surface area contributed by atoms with Crippen LogP contribution in [0.15, 0.2) is 40.2 Å². The summed E-state index contributed by atoms with van der Waals surface area (Å²) in [6, 6.07) is 8.89. The molecule has 1 fully saturated rings. The van der Waals surface area contributed by atoms with Gasteiger partial charge in [0.15, 0.2) is 0 Å². The highest BCUT2D eigenvalue weighted by Crippen LogP contribution is 2.25.